The molecule has 0 spiro atoms. The quantitative estimate of drug-likeness (QED) is 0.886. The fourth-order valence-electron chi connectivity index (χ4n) is 2.92. The summed E-state index contributed by atoms with van der Waals surface area (Å²) in [4.78, 5) is 25.0. The molecule has 2 aromatic heterocycles. The van der Waals surface area contributed by atoms with Gasteiger partial charge in [0, 0.05) is 17.1 Å². The van der Waals surface area contributed by atoms with Crippen molar-refractivity contribution >= 4 is 22.2 Å². The van der Waals surface area contributed by atoms with Gasteiger partial charge in [0.1, 0.15) is 17.6 Å². The zero-order valence-corrected chi connectivity index (χ0v) is 14.3. The highest BCUT2D eigenvalue weighted by Gasteiger charge is 2.31. The molecule has 0 unspecified atom stereocenters. The Hall–Kier alpha value is -2.60. The molecule has 0 atom stereocenters. The normalized spacial score (nSPS) is 13.8. The number of carbonyl (C=O) groups excluding carboxylic acids is 1. The number of rotatable bonds is 3. The van der Waals surface area contributed by atoms with Crippen molar-refractivity contribution < 1.29 is 18.0 Å². The van der Waals surface area contributed by atoms with Crippen LogP contribution in [0.4, 0.5) is 18.2 Å². The van der Waals surface area contributed by atoms with Gasteiger partial charge in [0.25, 0.3) is 5.56 Å². The van der Waals surface area contributed by atoms with E-state index < -0.39 is 29.8 Å². The number of anilines is 1. The van der Waals surface area contributed by atoms with Gasteiger partial charge in [-0.25, -0.2) is 0 Å². The van der Waals surface area contributed by atoms with E-state index in [4.69, 9.17) is 0 Å². The monoisotopic (exact) mass is 381 g/mol. The number of thiophene rings is 1. The summed E-state index contributed by atoms with van der Waals surface area (Å²) in [5.74, 6) is -0.651. The lowest BCUT2D eigenvalue weighted by molar-refractivity contribution is -0.138. The highest BCUT2D eigenvalue weighted by Crippen LogP contribution is 2.37. The highest BCUT2D eigenvalue weighted by molar-refractivity contribution is 7.16. The minimum absolute atomic E-state index is 0.393. The predicted octanol–water partition coefficient (Wildman–Crippen LogP) is 3.32. The molecule has 0 fully saturated rings. The Bertz CT molecular complexity index is 954. The Kier molecular flexibility index (Phi) is 4.87. The van der Waals surface area contributed by atoms with Crippen LogP contribution < -0.4 is 10.9 Å². The maximum atomic E-state index is 12.8. The average Bonchev–Trinajstić information content (AvgIpc) is 2.92. The molecular formula is C17H14F3N3O2S. The fourth-order valence-corrected chi connectivity index (χ4v) is 4.17. The zero-order valence-electron chi connectivity index (χ0n) is 13.5. The van der Waals surface area contributed by atoms with E-state index >= 15 is 0 Å². The minimum atomic E-state index is -4.60. The van der Waals surface area contributed by atoms with Gasteiger partial charge in [-0.15, -0.1) is 11.3 Å². The number of nitrogens with one attached hydrogen (secondary N) is 1. The van der Waals surface area contributed by atoms with E-state index in [0.29, 0.717) is 27.4 Å². The predicted molar refractivity (Wildman–Crippen MR) is 90.0 cm³/mol. The number of nitrogens with zero attached hydrogens (tertiary/aromatic N) is 2. The number of hydrogen-bond acceptors (Lipinski definition) is 4. The number of aryl methyl sites for hydroxylation is 1. The van der Waals surface area contributed by atoms with Crippen LogP contribution in [0.25, 0.3) is 0 Å². The SMILES string of the molecule is N#Cc1c(NC(=O)Cn2cc(C(F)(F)F)ccc2=O)sc2c1CCCC2. The lowest BCUT2D eigenvalue weighted by Crippen LogP contribution is -2.28. The van der Waals surface area contributed by atoms with Crippen molar-refractivity contribution in [1.82, 2.24) is 4.57 Å². The van der Waals surface area contributed by atoms with Crippen LogP contribution >= 0.6 is 11.3 Å². The minimum Gasteiger partial charge on any atom is -0.315 e. The van der Waals surface area contributed by atoms with Crippen LogP contribution in [-0.4, -0.2) is 10.5 Å². The standard InChI is InChI=1S/C17H14F3N3O2S/c18-17(19,20)10-5-6-15(25)23(8-10)9-14(24)22-16-12(7-21)11-3-1-2-4-13(11)26-16/h5-6,8H,1-4,9H2,(H,22,24). The van der Waals surface area contributed by atoms with E-state index in [1.165, 1.54) is 11.3 Å². The van der Waals surface area contributed by atoms with E-state index in [-0.39, 0.29) is 0 Å². The Morgan fingerprint density at radius 1 is 1.31 bits per heavy atom. The molecule has 0 aliphatic heterocycles. The molecule has 9 heteroatoms. The van der Waals surface area contributed by atoms with Crippen molar-refractivity contribution in [3.8, 4) is 6.07 Å². The van der Waals surface area contributed by atoms with Crippen molar-refractivity contribution in [2.45, 2.75) is 38.4 Å². The molecule has 2 heterocycles. The summed E-state index contributed by atoms with van der Waals surface area (Å²) in [7, 11) is 0. The number of fused-ring (bicyclic) bond motifs is 1. The first-order valence-corrected chi connectivity index (χ1v) is 8.73. The molecule has 5 nitrogen and oxygen atoms in total. The number of carbonyl (C=O) groups is 1. The third-order valence-corrected chi connectivity index (χ3v) is 5.37. The number of amides is 1. The van der Waals surface area contributed by atoms with Gasteiger partial charge in [0.2, 0.25) is 5.91 Å². The van der Waals surface area contributed by atoms with E-state index in [9.17, 15) is 28.0 Å². The molecule has 0 aromatic carbocycles. The van der Waals surface area contributed by atoms with Crippen molar-refractivity contribution in [2.75, 3.05) is 5.32 Å². The Labute approximate surface area is 150 Å². The topological polar surface area (TPSA) is 74.9 Å². The first-order valence-electron chi connectivity index (χ1n) is 7.92. The third-order valence-electron chi connectivity index (χ3n) is 4.16. The summed E-state index contributed by atoms with van der Waals surface area (Å²) >= 11 is 1.32. The number of hydrogen-bond donors (Lipinski definition) is 1. The van der Waals surface area contributed by atoms with Gasteiger partial charge in [-0.05, 0) is 37.3 Å². The largest absolute Gasteiger partial charge is 0.417 e. The van der Waals surface area contributed by atoms with Crippen LogP contribution in [0.15, 0.2) is 23.1 Å². The number of pyridine rings is 1. The third kappa shape index (κ3) is 3.65. The van der Waals surface area contributed by atoms with Gasteiger partial charge >= 0.3 is 6.18 Å². The van der Waals surface area contributed by atoms with Crippen LogP contribution in [0.2, 0.25) is 0 Å². The second kappa shape index (κ2) is 6.96. The smallest absolute Gasteiger partial charge is 0.315 e. The Balaban J connectivity index is 1.81. The molecule has 1 aliphatic rings. The lowest BCUT2D eigenvalue weighted by atomic mass is 9.96. The molecule has 1 N–H and O–H groups in total. The summed E-state index contributed by atoms with van der Waals surface area (Å²) < 4.78 is 39.0. The van der Waals surface area contributed by atoms with Gasteiger partial charge in [-0.3, -0.25) is 9.59 Å². The molecule has 26 heavy (non-hydrogen) atoms. The van der Waals surface area contributed by atoms with Gasteiger partial charge in [0.05, 0.1) is 11.1 Å². The molecule has 2 aromatic rings. The van der Waals surface area contributed by atoms with Crippen LogP contribution in [0.1, 0.15) is 34.4 Å². The van der Waals surface area contributed by atoms with E-state index in [1.807, 2.05) is 0 Å². The zero-order chi connectivity index (χ0) is 18.9. The van der Waals surface area contributed by atoms with Gasteiger partial charge < -0.3 is 9.88 Å². The van der Waals surface area contributed by atoms with Crippen molar-refractivity contribution in [3.05, 3.63) is 50.3 Å². The number of nitriles is 1. The molecule has 0 saturated carbocycles. The summed E-state index contributed by atoms with van der Waals surface area (Å²) in [6.07, 6.45) is -0.370. The molecule has 0 radical (unpaired) electrons. The van der Waals surface area contributed by atoms with Gasteiger partial charge in [-0.1, -0.05) is 0 Å². The molecule has 0 saturated heterocycles. The molecule has 1 aliphatic carbocycles. The summed E-state index contributed by atoms with van der Waals surface area (Å²) in [5.41, 5.74) is -0.363. The van der Waals surface area contributed by atoms with E-state index in [0.717, 1.165) is 42.2 Å². The first kappa shape index (κ1) is 18.2. The second-order valence-corrected chi connectivity index (χ2v) is 7.06. The van der Waals surface area contributed by atoms with Crippen LogP contribution in [-0.2, 0) is 30.4 Å². The van der Waals surface area contributed by atoms with Crippen LogP contribution in [0.3, 0.4) is 0 Å². The molecule has 136 valence electrons. The Morgan fingerprint density at radius 2 is 2.04 bits per heavy atom. The average molecular weight is 381 g/mol. The van der Waals surface area contributed by atoms with Crippen LogP contribution in [0, 0.1) is 11.3 Å². The second-order valence-electron chi connectivity index (χ2n) is 5.96. The number of aromatic nitrogens is 1. The summed E-state index contributed by atoms with van der Waals surface area (Å²) in [6.45, 7) is -0.559. The highest BCUT2D eigenvalue weighted by atomic mass is 32.1. The number of alkyl halides is 3. The molecule has 1 amide bonds. The van der Waals surface area contributed by atoms with E-state index in [1.54, 1.807) is 0 Å². The van der Waals surface area contributed by atoms with Gasteiger partial charge in [-0.2, -0.15) is 18.4 Å². The van der Waals surface area contributed by atoms with Crippen molar-refractivity contribution in [1.29, 1.82) is 5.26 Å². The number of halogens is 3. The molecular weight excluding hydrogens is 367 g/mol. The van der Waals surface area contributed by atoms with Crippen LogP contribution in [0.5, 0.6) is 0 Å². The van der Waals surface area contributed by atoms with E-state index in [2.05, 4.69) is 11.4 Å². The lowest BCUT2D eigenvalue weighted by Gasteiger charge is -2.10. The maximum Gasteiger partial charge on any atom is 0.417 e. The first-order chi connectivity index (χ1) is 12.3. The summed E-state index contributed by atoms with van der Waals surface area (Å²) in [6, 6.07) is 3.55. The van der Waals surface area contributed by atoms with Crippen molar-refractivity contribution in [2.24, 2.45) is 0 Å². The molecule has 0 bridgehead atoms. The summed E-state index contributed by atoms with van der Waals surface area (Å²) in [5, 5.41) is 12.3. The maximum absolute atomic E-state index is 12.8. The van der Waals surface area contributed by atoms with Crippen molar-refractivity contribution in [3.63, 3.8) is 0 Å². The molecule has 3 rings (SSSR count). The Morgan fingerprint density at radius 3 is 2.73 bits per heavy atom. The van der Waals surface area contributed by atoms with Gasteiger partial charge in [0.15, 0.2) is 0 Å². The fraction of sp³-hybridized carbons (Fsp3) is 0.353.